The van der Waals surface area contributed by atoms with Gasteiger partial charge in [0, 0.05) is 17.3 Å². The second-order valence-electron chi connectivity index (χ2n) is 9.67. The summed E-state index contributed by atoms with van der Waals surface area (Å²) in [6.45, 7) is 6.43. The van der Waals surface area contributed by atoms with Gasteiger partial charge in [-0.1, -0.05) is 32.4 Å². The van der Waals surface area contributed by atoms with Crippen molar-refractivity contribution in [3.63, 3.8) is 0 Å². The summed E-state index contributed by atoms with van der Waals surface area (Å²) in [5.74, 6) is 1.09. The first-order valence-electron chi connectivity index (χ1n) is 10.1. The number of primary amides is 1. The summed E-state index contributed by atoms with van der Waals surface area (Å²) in [6, 6.07) is 0. The molecule has 4 rings (SSSR count). The number of rotatable bonds is 2. The summed E-state index contributed by atoms with van der Waals surface area (Å²) in [5, 5.41) is 11.3. The highest BCUT2D eigenvalue weighted by Crippen LogP contribution is 2.66. The summed E-state index contributed by atoms with van der Waals surface area (Å²) in [7, 11) is 0. The van der Waals surface area contributed by atoms with Crippen molar-refractivity contribution in [3.05, 3.63) is 23.8 Å². The second kappa shape index (κ2) is 5.79. The van der Waals surface area contributed by atoms with E-state index in [2.05, 4.69) is 13.8 Å². The number of carbonyl (C=O) groups excluding carboxylic acids is 2. The molecule has 8 atom stereocenters. The van der Waals surface area contributed by atoms with Crippen molar-refractivity contribution in [1.82, 2.24) is 0 Å². The van der Waals surface area contributed by atoms with Crippen molar-refractivity contribution < 1.29 is 14.7 Å². The maximum absolute atomic E-state index is 11.8. The maximum Gasteiger partial charge on any atom is 0.220 e. The number of ketones is 1. The van der Waals surface area contributed by atoms with Crippen LogP contribution in [0.3, 0.4) is 0 Å². The van der Waals surface area contributed by atoms with Gasteiger partial charge in [-0.15, -0.1) is 0 Å². The zero-order chi connectivity index (χ0) is 18.9. The molecule has 0 aromatic heterocycles. The molecule has 4 heteroatoms. The lowest BCUT2D eigenvalue weighted by Gasteiger charge is -2.59. The average Bonchev–Trinajstić information content (AvgIpc) is 2.90. The van der Waals surface area contributed by atoms with Crippen LogP contribution in [-0.4, -0.2) is 22.9 Å². The van der Waals surface area contributed by atoms with Crippen molar-refractivity contribution >= 4 is 11.7 Å². The molecule has 0 aliphatic heterocycles. The molecule has 1 unspecified atom stereocenters. The molecule has 0 radical (unpaired) electrons. The first-order valence-corrected chi connectivity index (χ1v) is 10.1. The largest absolute Gasteiger partial charge is 0.393 e. The summed E-state index contributed by atoms with van der Waals surface area (Å²) in [4.78, 5) is 23.7. The van der Waals surface area contributed by atoms with Crippen LogP contribution in [0.25, 0.3) is 0 Å². The first kappa shape index (κ1) is 18.0. The number of aliphatic hydroxyl groups is 1. The van der Waals surface area contributed by atoms with Gasteiger partial charge >= 0.3 is 0 Å². The highest BCUT2D eigenvalue weighted by molar-refractivity contribution is 6.01. The molecule has 0 bridgehead atoms. The average molecular weight is 357 g/mol. The Kier molecular flexibility index (Phi) is 4.00. The van der Waals surface area contributed by atoms with E-state index < -0.39 is 6.10 Å². The molecule has 3 saturated carbocycles. The lowest BCUT2D eigenvalue weighted by Crippen LogP contribution is -2.56. The van der Waals surface area contributed by atoms with Crippen LogP contribution < -0.4 is 5.73 Å². The van der Waals surface area contributed by atoms with Crippen molar-refractivity contribution in [2.24, 2.45) is 46.2 Å². The minimum atomic E-state index is -0.409. The van der Waals surface area contributed by atoms with Crippen molar-refractivity contribution in [1.29, 1.82) is 0 Å². The predicted octanol–water partition coefficient (Wildman–Crippen LogP) is 3.00. The number of carbonyl (C=O) groups is 2. The Labute approximate surface area is 155 Å². The van der Waals surface area contributed by atoms with Gasteiger partial charge in [0.1, 0.15) is 0 Å². The Balaban J connectivity index is 1.70. The highest BCUT2D eigenvalue weighted by atomic mass is 16.3. The van der Waals surface area contributed by atoms with E-state index >= 15 is 0 Å². The van der Waals surface area contributed by atoms with E-state index in [0.29, 0.717) is 11.8 Å². The molecular weight excluding hydrogens is 326 g/mol. The zero-order valence-corrected chi connectivity index (χ0v) is 16.1. The van der Waals surface area contributed by atoms with Gasteiger partial charge in [-0.05, 0) is 67.4 Å². The van der Waals surface area contributed by atoms with Gasteiger partial charge in [-0.2, -0.15) is 0 Å². The fraction of sp³-hybridized carbons (Fsp3) is 0.727. The lowest BCUT2D eigenvalue weighted by molar-refractivity contribution is -0.134. The van der Waals surface area contributed by atoms with E-state index in [1.165, 1.54) is 5.57 Å². The van der Waals surface area contributed by atoms with Gasteiger partial charge in [0.15, 0.2) is 5.78 Å². The van der Waals surface area contributed by atoms with Crippen LogP contribution in [0.5, 0.6) is 0 Å². The van der Waals surface area contributed by atoms with E-state index in [9.17, 15) is 14.7 Å². The van der Waals surface area contributed by atoms with E-state index in [1.807, 2.05) is 13.0 Å². The zero-order valence-electron chi connectivity index (χ0n) is 16.1. The van der Waals surface area contributed by atoms with Crippen LogP contribution >= 0.6 is 0 Å². The number of fused-ring (bicyclic) bond motifs is 5. The van der Waals surface area contributed by atoms with Gasteiger partial charge in [0.25, 0.3) is 0 Å². The summed E-state index contributed by atoms with van der Waals surface area (Å²) in [5.41, 5.74) is 6.58. The SMILES string of the molecule is CC(C(N)=O)[C@H]1CC[C@H]2[C@@H]3CCC4=CC(=O)C=C[C@]4(C)[C@H]3[C@@H](O)C[C@]12C. The van der Waals surface area contributed by atoms with Crippen molar-refractivity contribution in [2.45, 2.75) is 59.0 Å². The molecule has 0 saturated heterocycles. The molecule has 4 aliphatic carbocycles. The Morgan fingerprint density at radius 1 is 1.31 bits per heavy atom. The maximum atomic E-state index is 11.8. The molecule has 3 fully saturated rings. The van der Waals surface area contributed by atoms with E-state index in [4.69, 9.17) is 5.73 Å². The molecule has 4 nitrogen and oxygen atoms in total. The van der Waals surface area contributed by atoms with Gasteiger partial charge < -0.3 is 10.8 Å². The molecule has 0 aromatic rings. The number of amides is 1. The molecule has 26 heavy (non-hydrogen) atoms. The van der Waals surface area contributed by atoms with Gasteiger partial charge in [0.2, 0.25) is 5.91 Å². The topological polar surface area (TPSA) is 80.4 Å². The first-order chi connectivity index (χ1) is 12.2. The van der Waals surface area contributed by atoms with Crippen LogP contribution in [0.1, 0.15) is 52.9 Å². The Bertz CT molecular complexity index is 710. The minimum absolute atomic E-state index is 0.0270. The standard InChI is InChI=1S/C22H31NO3/c1-12(20(23)26)16-6-7-17-15-5-4-13-10-14(24)8-9-21(13,2)19(15)18(25)11-22(16,17)3/h8-10,12,15-19,25H,4-7,11H2,1-3H3,(H2,23,26)/t12?,15-,16+,17-,18-,19+,21-,22+/m0/s1. The number of allylic oxidation sites excluding steroid dienone is 4. The molecule has 3 N–H and O–H groups in total. The molecule has 1 amide bonds. The lowest BCUT2D eigenvalue weighted by atomic mass is 9.46. The Hall–Kier alpha value is -1.42. The number of nitrogens with two attached hydrogens (primary N) is 1. The smallest absolute Gasteiger partial charge is 0.220 e. The molecule has 142 valence electrons. The fourth-order valence-electron chi connectivity index (χ4n) is 7.38. The Morgan fingerprint density at radius 2 is 2.04 bits per heavy atom. The summed E-state index contributed by atoms with van der Waals surface area (Å²) < 4.78 is 0. The van der Waals surface area contributed by atoms with Gasteiger partial charge in [-0.3, -0.25) is 9.59 Å². The van der Waals surface area contributed by atoms with Crippen LogP contribution in [0, 0.1) is 40.4 Å². The Morgan fingerprint density at radius 3 is 2.73 bits per heavy atom. The quantitative estimate of drug-likeness (QED) is 0.797. The minimum Gasteiger partial charge on any atom is -0.393 e. The molecular formula is C22H31NO3. The molecule has 0 spiro atoms. The van der Waals surface area contributed by atoms with E-state index in [1.54, 1.807) is 12.2 Å². The number of aliphatic hydroxyl groups excluding tert-OH is 1. The predicted molar refractivity (Wildman–Crippen MR) is 99.9 cm³/mol. The van der Waals surface area contributed by atoms with Crippen molar-refractivity contribution in [2.75, 3.05) is 0 Å². The fourth-order valence-corrected chi connectivity index (χ4v) is 7.38. The third-order valence-corrected chi connectivity index (χ3v) is 8.62. The monoisotopic (exact) mass is 357 g/mol. The third-order valence-electron chi connectivity index (χ3n) is 8.62. The van der Waals surface area contributed by atoms with E-state index in [0.717, 1.165) is 32.1 Å². The van der Waals surface area contributed by atoms with Gasteiger partial charge in [-0.25, -0.2) is 0 Å². The second-order valence-corrected chi connectivity index (χ2v) is 9.67. The third kappa shape index (κ3) is 2.30. The molecule has 4 aliphatic rings. The molecule has 0 aromatic carbocycles. The van der Waals surface area contributed by atoms with E-state index in [-0.39, 0.29) is 40.3 Å². The number of hydrogen-bond donors (Lipinski definition) is 2. The van der Waals surface area contributed by atoms with Crippen LogP contribution in [0.4, 0.5) is 0 Å². The van der Waals surface area contributed by atoms with Crippen molar-refractivity contribution in [3.8, 4) is 0 Å². The molecule has 0 heterocycles. The van der Waals surface area contributed by atoms with Gasteiger partial charge in [0.05, 0.1) is 6.10 Å². The summed E-state index contributed by atoms with van der Waals surface area (Å²) in [6.07, 6.45) is 9.94. The highest BCUT2D eigenvalue weighted by Gasteiger charge is 2.62. The normalized spacial score (nSPS) is 48.2. The van der Waals surface area contributed by atoms with Crippen LogP contribution in [0.2, 0.25) is 0 Å². The summed E-state index contributed by atoms with van der Waals surface area (Å²) >= 11 is 0. The number of hydrogen-bond acceptors (Lipinski definition) is 3. The van der Waals surface area contributed by atoms with Crippen LogP contribution in [-0.2, 0) is 9.59 Å². The van der Waals surface area contributed by atoms with Crippen LogP contribution in [0.15, 0.2) is 23.8 Å².